The SMILES string of the molecule is Fc1cc(F)cc(-c2cc(-n3c4ccccc4c4ccc(-c5ccnc(-c6ccccc6)c5)cc43)c(C(F)(F)F)cc2-n2c3ccccc3c3ccc(-c4ccnc(-c5ccccc5)c4)cc32)c1. The molecule has 0 saturated carbocycles. The first kappa shape index (κ1) is 40.8. The van der Waals surface area contributed by atoms with Gasteiger partial charge in [-0.2, -0.15) is 13.2 Å². The third-order valence-electron chi connectivity index (χ3n) is 12.7. The standard InChI is InChI=1S/C59H35F5N4/c60-43-27-42(28-44(61)33-43)49-34-58(68-54-18-10-8-16-46(54)48-22-20-39(32-56(48)68)41-24-26-66-52(30-41)37-13-5-2-6-14-37)50(59(62,63)64)35-57(49)67-53-17-9-7-15-45(53)47-21-19-38(31-55(47)67)40-23-25-65-51(29-40)36-11-3-1-4-12-36/h1-35H. The first-order chi connectivity index (χ1) is 33.2. The van der Waals surface area contributed by atoms with E-state index in [2.05, 4.69) is 9.97 Å². The molecule has 0 fully saturated rings. The Balaban J connectivity index is 1.14. The molecule has 0 aliphatic rings. The maximum Gasteiger partial charge on any atom is 0.418 e. The zero-order valence-electron chi connectivity index (χ0n) is 35.9. The number of halogens is 5. The summed E-state index contributed by atoms with van der Waals surface area (Å²) in [5.74, 6) is -1.73. The van der Waals surface area contributed by atoms with Crippen LogP contribution in [0.2, 0.25) is 0 Å². The summed E-state index contributed by atoms with van der Waals surface area (Å²) >= 11 is 0. The molecule has 12 aromatic rings. The summed E-state index contributed by atoms with van der Waals surface area (Å²) in [7, 11) is 0. The molecule has 8 aromatic carbocycles. The van der Waals surface area contributed by atoms with Gasteiger partial charge >= 0.3 is 6.18 Å². The Morgan fingerprint density at radius 2 is 0.779 bits per heavy atom. The Morgan fingerprint density at radius 1 is 0.338 bits per heavy atom. The number of pyridine rings is 2. The van der Waals surface area contributed by atoms with Crippen LogP contribution < -0.4 is 0 Å². The van der Waals surface area contributed by atoms with Gasteiger partial charge in [0.15, 0.2) is 0 Å². The first-order valence-electron chi connectivity index (χ1n) is 22.0. The number of hydrogen-bond donors (Lipinski definition) is 0. The van der Waals surface area contributed by atoms with Crippen molar-refractivity contribution in [2.45, 2.75) is 6.18 Å². The lowest BCUT2D eigenvalue weighted by atomic mass is 9.98. The summed E-state index contributed by atoms with van der Waals surface area (Å²) in [4.78, 5) is 9.21. The van der Waals surface area contributed by atoms with E-state index < -0.39 is 23.4 Å². The molecule has 12 rings (SSSR count). The minimum absolute atomic E-state index is 0.0721. The van der Waals surface area contributed by atoms with Crippen molar-refractivity contribution in [1.29, 1.82) is 0 Å². The second-order valence-corrected chi connectivity index (χ2v) is 16.8. The van der Waals surface area contributed by atoms with Crippen LogP contribution in [0.15, 0.2) is 213 Å². The smallest absolute Gasteiger partial charge is 0.309 e. The molecule has 4 nitrogen and oxygen atoms in total. The predicted octanol–water partition coefficient (Wildman–Crippen LogP) is 16.3. The van der Waals surface area contributed by atoms with Crippen molar-refractivity contribution in [2.75, 3.05) is 0 Å². The first-order valence-corrected chi connectivity index (χ1v) is 22.0. The number of fused-ring (bicyclic) bond motifs is 6. The minimum atomic E-state index is -4.89. The Morgan fingerprint density at radius 3 is 1.28 bits per heavy atom. The van der Waals surface area contributed by atoms with E-state index in [0.29, 0.717) is 22.1 Å². The van der Waals surface area contributed by atoms with Crippen molar-refractivity contribution < 1.29 is 22.0 Å². The lowest BCUT2D eigenvalue weighted by molar-refractivity contribution is -0.137. The van der Waals surface area contributed by atoms with Crippen LogP contribution in [0.1, 0.15) is 5.56 Å². The molecule has 0 aliphatic carbocycles. The van der Waals surface area contributed by atoms with Crippen LogP contribution in [-0.2, 0) is 6.18 Å². The lowest BCUT2D eigenvalue weighted by Crippen LogP contribution is -2.13. The fraction of sp³-hybridized carbons (Fsp3) is 0.0169. The minimum Gasteiger partial charge on any atom is -0.309 e. The molecule has 0 unspecified atom stereocenters. The Bertz CT molecular complexity index is 3910. The van der Waals surface area contributed by atoms with E-state index in [-0.39, 0.29) is 22.5 Å². The van der Waals surface area contributed by atoms with E-state index >= 15 is 22.0 Å². The highest BCUT2D eigenvalue weighted by Gasteiger charge is 2.37. The zero-order valence-corrected chi connectivity index (χ0v) is 35.9. The highest BCUT2D eigenvalue weighted by atomic mass is 19.4. The van der Waals surface area contributed by atoms with Crippen LogP contribution in [0, 0.1) is 11.6 Å². The lowest BCUT2D eigenvalue weighted by Gasteiger charge is -2.22. The van der Waals surface area contributed by atoms with Crippen molar-refractivity contribution in [3.63, 3.8) is 0 Å². The number of benzene rings is 8. The van der Waals surface area contributed by atoms with Crippen molar-refractivity contribution >= 4 is 43.6 Å². The van der Waals surface area contributed by atoms with Crippen LogP contribution in [0.3, 0.4) is 0 Å². The highest BCUT2D eigenvalue weighted by molar-refractivity contribution is 6.12. The van der Waals surface area contributed by atoms with Gasteiger partial charge in [-0.25, -0.2) is 8.78 Å². The van der Waals surface area contributed by atoms with Crippen LogP contribution in [-0.4, -0.2) is 19.1 Å². The summed E-state index contributed by atoms with van der Waals surface area (Å²) in [6, 6.07) is 59.4. The van der Waals surface area contributed by atoms with E-state index in [1.165, 1.54) is 6.07 Å². The van der Waals surface area contributed by atoms with Gasteiger partial charge in [-0.3, -0.25) is 9.97 Å². The summed E-state index contributed by atoms with van der Waals surface area (Å²) in [5, 5.41) is 3.06. The van der Waals surface area contributed by atoms with Gasteiger partial charge < -0.3 is 9.13 Å². The number of rotatable bonds is 7. The number of nitrogens with zero attached hydrogens (tertiary/aromatic N) is 4. The van der Waals surface area contributed by atoms with Crippen LogP contribution >= 0.6 is 0 Å². The van der Waals surface area contributed by atoms with Crippen molar-refractivity contribution in [2.24, 2.45) is 0 Å². The topological polar surface area (TPSA) is 35.6 Å². The molecular weight excluding hydrogens is 860 g/mol. The van der Waals surface area contributed by atoms with Gasteiger partial charge in [-0.1, -0.05) is 121 Å². The Labute approximate surface area is 386 Å². The molecule has 0 saturated heterocycles. The molecule has 326 valence electrons. The quantitative estimate of drug-likeness (QED) is 0.149. The largest absolute Gasteiger partial charge is 0.418 e. The second-order valence-electron chi connectivity index (χ2n) is 16.8. The molecule has 0 aliphatic heterocycles. The molecule has 0 spiro atoms. The second kappa shape index (κ2) is 16.0. The number of hydrogen-bond acceptors (Lipinski definition) is 2. The molecule has 68 heavy (non-hydrogen) atoms. The summed E-state index contributed by atoms with van der Waals surface area (Å²) in [6.45, 7) is 0. The zero-order chi connectivity index (χ0) is 46.1. The maximum atomic E-state index is 16.2. The third-order valence-corrected chi connectivity index (χ3v) is 12.7. The van der Waals surface area contributed by atoms with Crippen LogP contribution in [0.25, 0.3) is 111 Å². The Hall–Kier alpha value is -8.69. The molecule has 4 aromatic heterocycles. The number of aromatic nitrogens is 4. The fourth-order valence-corrected chi connectivity index (χ4v) is 9.69. The van der Waals surface area contributed by atoms with E-state index in [9.17, 15) is 0 Å². The number of alkyl halides is 3. The summed E-state index contributed by atoms with van der Waals surface area (Å²) < 4.78 is 82.9. The van der Waals surface area contributed by atoms with Crippen molar-refractivity contribution in [3.8, 4) is 67.3 Å². The third kappa shape index (κ3) is 6.98. The van der Waals surface area contributed by atoms with Gasteiger partial charge in [-0.05, 0) is 101 Å². The number of para-hydroxylation sites is 2. The predicted molar refractivity (Wildman–Crippen MR) is 263 cm³/mol. The average Bonchev–Trinajstić information content (AvgIpc) is 3.88. The normalized spacial score (nSPS) is 11.9. The molecule has 0 atom stereocenters. The van der Waals surface area contributed by atoms with Crippen LogP contribution in [0.4, 0.5) is 22.0 Å². The van der Waals surface area contributed by atoms with Gasteiger partial charge in [0.1, 0.15) is 11.6 Å². The van der Waals surface area contributed by atoms with E-state index in [1.54, 1.807) is 33.7 Å². The van der Waals surface area contributed by atoms with Gasteiger partial charge in [-0.15, -0.1) is 0 Å². The molecule has 0 N–H and O–H groups in total. The monoisotopic (exact) mass is 894 g/mol. The molecule has 0 radical (unpaired) electrons. The maximum absolute atomic E-state index is 16.2. The van der Waals surface area contributed by atoms with E-state index in [1.807, 2.05) is 158 Å². The summed E-state index contributed by atoms with van der Waals surface area (Å²) in [6.07, 6.45) is -1.44. The molecule has 0 bridgehead atoms. The average molecular weight is 895 g/mol. The Kier molecular flexibility index (Phi) is 9.62. The van der Waals surface area contributed by atoms with Gasteiger partial charge in [0.2, 0.25) is 0 Å². The molecule has 0 amide bonds. The molecule has 4 heterocycles. The van der Waals surface area contributed by atoms with Crippen molar-refractivity contribution in [3.05, 3.63) is 230 Å². The van der Waals surface area contributed by atoms with Gasteiger partial charge in [0.05, 0.1) is 50.4 Å². The van der Waals surface area contributed by atoms with Gasteiger partial charge in [0, 0.05) is 56.7 Å². The highest BCUT2D eigenvalue weighted by Crippen LogP contribution is 2.46. The summed E-state index contributed by atoms with van der Waals surface area (Å²) in [5.41, 5.74) is 8.13. The van der Waals surface area contributed by atoms with Gasteiger partial charge in [0.25, 0.3) is 0 Å². The fourth-order valence-electron chi connectivity index (χ4n) is 9.69. The van der Waals surface area contributed by atoms with Crippen molar-refractivity contribution in [1.82, 2.24) is 19.1 Å². The molecular formula is C59H35F5N4. The van der Waals surface area contributed by atoms with E-state index in [4.69, 9.17) is 0 Å². The van der Waals surface area contributed by atoms with E-state index in [0.717, 1.165) is 90.6 Å². The van der Waals surface area contributed by atoms with Crippen LogP contribution in [0.5, 0.6) is 0 Å². The molecule has 9 heteroatoms.